The Kier molecular flexibility index (Phi) is 4.43. The van der Waals surface area contributed by atoms with Crippen LogP contribution in [0.25, 0.3) is 11.1 Å². The first-order valence-electron chi connectivity index (χ1n) is 7.00. The normalized spacial score (nSPS) is 14.1. The maximum atomic E-state index is 11.5. The first-order valence-corrected chi connectivity index (χ1v) is 7.00. The summed E-state index contributed by atoms with van der Waals surface area (Å²) in [6.45, 7) is 5.81. The number of aromatic nitrogens is 2. The van der Waals surface area contributed by atoms with Crippen molar-refractivity contribution in [3.05, 3.63) is 42.7 Å². The molecule has 1 heterocycles. The molecule has 1 aromatic carbocycles. The molecule has 0 spiro atoms. The molecule has 0 saturated carbocycles. The lowest BCUT2D eigenvalue weighted by atomic mass is 10.0. The molecule has 0 amide bonds. The highest BCUT2D eigenvalue weighted by Gasteiger charge is 2.34. The number of aliphatic carboxylic acids is 1. The first-order chi connectivity index (χ1) is 9.90. The topological polar surface area (TPSA) is 67.2 Å². The number of rotatable bonds is 6. The van der Waals surface area contributed by atoms with Crippen LogP contribution in [0.15, 0.2) is 42.7 Å². The Labute approximate surface area is 124 Å². The number of nitrogens with zero attached hydrogens (tertiary/aromatic N) is 2. The van der Waals surface area contributed by atoms with Crippen LogP contribution >= 0.6 is 0 Å². The minimum absolute atomic E-state index is 0.0789. The van der Waals surface area contributed by atoms with E-state index in [-0.39, 0.29) is 12.6 Å². The van der Waals surface area contributed by atoms with Crippen LogP contribution in [0.4, 0.5) is 0 Å². The number of carboxylic acids is 1. The SMILES string of the molecule is CC(C)NC(C)(Cn1cc(-c2ccccc2)cn1)C(=O)O. The highest BCUT2D eigenvalue weighted by Crippen LogP contribution is 2.19. The maximum absolute atomic E-state index is 11.5. The summed E-state index contributed by atoms with van der Waals surface area (Å²) in [5.41, 5.74) is 0.999. The molecule has 0 radical (unpaired) electrons. The highest BCUT2D eigenvalue weighted by atomic mass is 16.4. The second-order valence-corrected chi connectivity index (χ2v) is 5.73. The number of hydrogen-bond acceptors (Lipinski definition) is 3. The zero-order chi connectivity index (χ0) is 15.5. The fraction of sp³-hybridized carbons (Fsp3) is 0.375. The average Bonchev–Trinajstić information content (AvgIpc) is 2.87. The van der Waals surface area contributed by atoms with Gasteiger partial charge in [0.15, 0.2) is 0 Å². The van der Waals surface area contributed by atoms with E-state index in [0.717, 1.165) is 11.1 Å². The quantitative estimate of drug-likeness (QED) is 0.856. The fourth-order valence-corrected chi connectivity index (χ4v) is 2.37. The van der Waals surface area contributed by atoms with Crippen molar-refractivity contribution in [2.45, 2.75) is 38.9 Å². The van der Waals surface area contributed by atoms with E-state index in [0.29, 0.717) is 0 Å². The van der Waals surface area contributed by atoms with Crippen LogP contribution in [0.5, 0.6) is 0 Å². The Balaban J connectivity index is 2.19. The largest absolute Gasteiger partial charge is 0.480 e. The van der Waals surface area contributed by atoms with Gasteiger partial charge in [-0.2, -0.15) is 5.10 Å². The van der Waals surface area contributed by atoms with Crippen molar-refractivity contribution in [3.8, 4) is 11.1 Å². The number of carboxylic acid groups (broad SMARTS) is 1. The predicted molar refractivity (Wildman–Crippen MR) is 82.0 cm³/mol. The Bertz CT molecular complexity index is 607. The zero-order valence-corrected chi connectivity index (χ0v) is 12.6. The molecule has 5 nitrogen and oxygen atoms in total. The van der Waals surface area contributed by atoms with Crippen LogP contribution in [-0.2, 0) is 11.3 Å². The van der Waals surface area contributed by atoms with Gasteiger partial charge >= 0.3 is 5.97 Å². The van der Waals surface area contributed by atoms with E-state index in [2.05, 4.69) is 10.4 Å². The molecular weight excluding hydrogens is 266 g/mol. The summed E-state index contributed by atoms with van der Waals surface area (Å²) < 4.78 is 1.67. The summed E-state index contributed by atoms with van der Waals surface area (Å²) in [7, 11) is 0. The number of hydrogen-bond donors (Lipinski definition) is 2. The van der Waals surface area contributed by atoms with E-state index in [1.807, 2.05) is 50.4 Å². The number of benzene rings is 1. The summed E-state index contributed by atoms with van der Waals surface area (Å²) in [5.74, 6) is -0.882. The molecule has 0 aliphatic heterocycles. The molecule has 2 rings (SSSR count). The molecule has 0 fully saturated rings. The van der Waals surface area contributed by atoms with Crippen molar-refractivity contribution in [1.29, 1.82) is 0 Å². The molecule has 1 atom stereocenters. The van der Waals surface area contributed by atoms with Gasteiger partial charge in [0.1, 0.15) is 5.54 Å². The minimum Gasteiger partial charge on any atom is -0.480 e. The molecule has 1 aromatic heterocycles. The molecule has 0 bridgehead atoms. The van der Waals surface area contributed by atoms with Crippen molar-refractivity contribution in [2.75, 3.05) is 0 Å². The summed E-state index contributed by atoms with van der Waals surface area (Å²) in [5, 5.41) is 16.8. The van der Waals surface area contributed by atoms with E-state index in [1.165, 1.54) is 0 Å². The Morgan fingerprint density at radius 2 is 2.00 bits per heavy atom. The molecule has 0 saturated heterocycles. The third kappa shape index (κ3) is 3.70. The maximum Gasteiger partial charge on any atom is 0.325 e. The lowest BCUT2D eigenvalue weighted by molar-refractivity contribution is -0.145. The molecule has 21 heavy (non-hydrogen) atoms. The minimum atomic E-state index is -1.05. The van der Waals surface area contributed by atoms with E-state index in [9.17, 15) is 9.90 Å². The Morgan fingerprint density at radius 1 is 1.33 bits per heavy atom. The zero-order valence-electron chi connectivity index (χ0n) is 12.6. The van der Waals surface area contributed by atoms with Gasteiger partial charge in [0.05, 0.1) is 12.7 Å². The van der Waals surface area contributed by atoms with E-state index in [1.54, 1.807) is 17.8 Å². The molecule has 5 heteroatoms. The smallest absolute Gasteiger partial charge is 0.325 e. The van der Waals surface area contributed by atoms with Crippen molar-refractivity contribution >= 4 is 5.97 Å². The van der Waals surface area contributed by atoms with Crippen LogP contribution in [-0.4, -0.2) is 32.4 Å². The number of nitrogens with one attached hydrogen (secondary N) is 1. The summed E-state index contributed by atoms with van der Waals surface area (Å²) in [6.07, 6.45) is 3.63. The summed E-state index contributed by atoms with van der Waals surface area (Å²) >= 11 is 0. The van der Waals surface area contributed by atoms with Gasteiger partial charge in [0.2, 0.25) is 0 Å². The van der Waals surface area contributed by atoms with E-state index >= 15 is 0 Å². The second-order valence-electron chi connectivity index (χ2n) is 5.73. The van der Waals surface area contributed by atoms with Gasteiger partial charge in [0, 0.05) is 17.8 Å². The van der Waals surface area contributed by atoms with Gasteiger partial charge in [-0.05, 0) is 26.3 Å². The number of carbonyl (C=O) groups is 1. The molecule has 1 unspecified atom stereocenters. The van der Waals surface area contributed by atoms with Crippen LogP contribution < -0.4 is 5.32 Å². The van der Waals surface area contributed by atoms with E-state index in [4.69, 9.17) is 0 Å². The summed E-state index contributed by atoms with van der Waals surface area (Å²) in [4.78, 5) is 11.5. The van der Waals surface area contributed by atoms with Gasteiger partial charge < -0.3 is 5.11 Å². The van der Waals surface area contributed by atoms with Gasteiger partial charge in [0.25, 0.3) is 0 Å². The highest BCUT2D eigenvalue weighted by molar-refractivity contribution is 5.78. The van der Waals surface area contributed by atoms with Gasteiger partial charge in [-0.25, -0.2) is 0 Å². The molecular formula is C16H21N3O2. The third-order valence-corrected chi connectivity index (χ3v) is 3.30. The van der Waals surface area contributed by atoms with Crippen LogP contribution in [0.2, 0.25) is 0 Å². The summed E-state index contributed by atoms with van der Waals surface area (Å²) in [6, 6.07) is 9.98. The lowest BCUT2D eigenvalue weighted by Gasteiger charge is -2.28. The predicted octanol–water partition coefficient (Wildman–Crippen LogP) is 2.39. The first kappa shape index (κ1) is 15.3. The van der Waals surface area contributed by atoms with Gasteiger partial charge in [-0.15, -0.1) is 0 Å². The lowest BCUT2D eigenvalue weighted by Crippen LogP contribution is -2.55. The average molecular weight is 287 g/mol. The molecule has 2 N–H and O–H groups in total. The van der Waals surface area contributed by atoms with Crippen LogP contribution in [0.1, 0.15) is 20.8 Å². The fourth-order valence-electron chi connectivity index (χ4n) is 2.37. The molecule has 0 aliphatic carbocycles. The molecule has 0 aliphatic rings. The van der Waals surface area contributed by atoms with Gasteiger partial charge in [-0.1, -0.05) is 30.3 Å². The van der Waals surface area contributed by atoms with Gasteiger partial charge in [-0.3, -0.25) is 14.8 Å². The van der Waals surface area contributed by atoms with Crippen molar-refractivity contribution in [1.82, 2.24) is 15.1 Å². The Morgan fingerprint density at radius 3 is 2.57 bits per heavy atom. The van der Waals surface area contributed by atoms with Crippen LogP contribution in [0.3, 0.4) is 0 Å². The molecule has 112 valence electrons. The van der Waals surface area contributed by atoms with Crippen molar-refractivity contribution < 1.29 is 9.90 Å². The van der Waals surface area contributed by atoms with Crippen LogP contribution in [0, 0.1) is 0 Å². The Hall–Kier alpha value is -2.14. The molecule has 2 aromatic rings. The van der Waals surface area contributed by atoms with Crippen molar-refractivity contribution in [3.63, 3.8) is 0 Å². The second kappa shape index (κ2) is 6.10. The monoisotopic (exact) mass is 287 g/mol. The van der Waals surface area contributed by atoms with Crippen molar-refractivity contribution in [2.24, 2.45) is 0 Å². The van der Waals surface area contributed by atoms with E-state index < -0.39 is 11.5 Å². The standard InChI is InChI=1S/C16H21N3O2/c1-12(2)18-16(3,15(20)21)11-19-10-14(9-17-19)13-7-5-4-6-8-13/h4-10,12,18H,11H2,1-3H3,(H,20,21). The third-order valence-electron chi connectivity index (χ3n) is 3.30.